The first-order chi connectivity index (χ1) is 11.5. The van der Waals surface area contributed by atoms with Crippen LogP contribution in [0.3, 0.4) is 0 Å². The summed E-state index contributed by atoms with van der Waals surface area (Å²) >= 11 is 1.44. The zero-order valence-corrected chi connectivity index (χ0v) is 16.4. The van der Waals surface area contributed by atoms with E-state index in [1.54, 1.807) is 7.11 Å². The van der Waals surface area contributed by atoms with Gasteiger partial charge in [0.2, 0.25) is 0 Å². The number of piperidine rings is 1. The van der Waals surface area contributed by atoms with Crippen LogP contribution in [0.2, 0.25) is 0 Å². The molecule has 3 rings (SSSR count). The predicted molar refractivity (Wildman–Crippen MR) is 105 cm³/mol. The normalized spacial score (nSPS) is 16.1. The van der Waals surface area contributed by atoms with Crippen molar-refractivity contribution >= 4 is 34.8 Å². The Kier molecular flexibility index (Phi) is 6.57. The van der Waals surface area contributed by atoms with Crippen LogP contribution in [-0.4, -0.2) is 36.7 Å². The van der Waals surface area contributed by atoms with Crippen LogP contribution in [-0.2, 0) is 9.53 Å². The molecule has 1 saturated heterocycles. The van der Waals surface area contributed by atoms with Gasteiger partial charge in [0.25, 0.3) is 5.91 Å². The molecule has 1 fully saturated rings. The van der Waals surface area contributed by atoms with Gasteiger partial charge in [-0.05, 0) is 57.0 Å². The number of nitrogens with one attached hydrogen (secondary N) is 2. The fourth-order valence-corrected chi connectivity index (χ4v) is 3.64. The SMILES string of the molecule is COC1(C(=O)Nc2nc(-c3ccc(C)c(C)c3)cs2)CCNCC1.Cl. The van der Waals surface area contributed by atoms with Gasteiger partial charge in [-0.25, -0.2) is 4.98 Å². The molecule has 0 aliphatic carbocycles. The number of benzene rings is 1. The minimum absolute atomic E-state index is 0. The van der Waals surface area contributed by atoms with E-state index in [-0.39, 0.29) is 18.3 Å². The largest absolute Gasteiger partial charge is 0.368 e. The van der Waals surface area contributed by atoms with Gasteiger partial charge in [0, 0.05) is 18.1 Å². The number of aryl methyl sites for hydroxylation is 2. The molecule has 1 aliphatic heterocycles. The molecular weight excluding hydrogens is 358 g/mol. The van der Waals surface area contributed by atoms with Crippen LogP contribution in [0, 0.1) is 13.8 Å². The van der Waals surface area contributed by atoms with E-state index in [9.17, 15) is 4.79 Å². The van der Waals surface area contributed by atoms with E-state index < -0.39 is 5.60 Å². The Hall–Kier alpha value is -1.47. The molecule has 25 heavy (non-hydrogen) atoms. The number of carbonyl (C=O) groups excluding carboxylic acids is 1. The van der Waals surface area contributed by atoms with Crippen LogP contribution in [0.1, 0.15) is 24.0 Å². The number of aromatic nitrogens is 1. The van der Waals surface area contributed by atoms with Gasteiger partial charge < -0.3 is 10.1 Å². The van der Waals surface area contributed by atoms with E-state index in [1.807, 2.05) is 5.38 Å². The molecule has 1 amide bonds. The number of thiazole rings is 1. The first kappa shape index (κ1) is 19.8. The molecule has 1 aromatic heterocycles. The Balaban J connectivity index is 0.00000225. The zero-order chi connectivity index (χ0) is 17.2. The van der Waals surface area contributed by atoms with Crippen LogP contribution in [0.4, 0.5) is 5.13 Å². The summed E-state index contributed by atoms with van der Waals surface area (Å²) in [5.74, 6) is -0.104. The van der Waals surface area contributed by atoms with E-state index in [2.05, 4.69) is 47.7 Å². The molecule has 2 heterocycles. The Morgan fingerprint density at radius 3 is 2.64 bits per heavy atom. The van der Waals surface area contributed by atoms with Gasteiger partial charge in [0.15, 0.2) is 5.13 Å². The molecule has 5 nitrogen and oxygen atoms in total. The summed E-state index contributed by atoms with van der Waals surface area (Å²) in [5.41, 5.74) is 3.69. The summed E-state index contributed by atoms with van der Waals surface area (Å²) in [4.78, 5) is 17.2. The highest BCUT2D eigenvalue weighted by molar-refractivity contribution is 7.14. The van der Waals surface area contributed by atoms with Crippen LogP contribution in [0.5, 0.6) is 0 Å². The maximum atomic E-state index is 12.7. The Labute approximate surface area is 158 Å². The van der Waals surface area contributed by atoms with Gasteiger partial charge in [-0.2, -0.15) is 0 Å². The lowest BCUT2D eigenvalue weighted by molar-refractivity contribution is -0.140. The Bertz CT molecular complexity index is 742. The third-order valence-electron chi connectivity index (χ3n) is 4.74. The van der Waals surface area contributed by atoms with E-state index in [0.717, 1.165) is 24.3 Å². The van der Waals surface area contributed by atoms with Gasteiger partial charge in [-0.15, -0.1) is 23.7 Å². The lowest BCUT2D eigenvalue weighted by atomic mass is 9.91. The summed E-state index contributed by atoms with van der Waals surface area (Å²) in [6.45, 7) is 5.75. The van der Waals surface area contributed by atoms with Crippen molar-refractivity contribution in [2.75, 3.05) is 25.5 Å². The predicted octanol–water partition coefficient (Wildman–Crippen LogP) is 3.56. The molecule has 0 unspecified atom stereocenters. The molecule has 0 radical (unpaired) electrons. The molecule has 0 bridgehead atoms. The number of carbonyl (C=O) groups is 1. The second-order valence-electron chi connectivity index (χ2n) is 6.24. The quantitative estimate of drug-likeness (QED) is 0.850. The maximum Gasteiger partial charge on any atom is 0.258 e. The second-order valence-corrected chi connectivity index (χ2v) is 7.10. The topological polar surface area (TPSA) is 63.2 Å². The van der Waals surface area contributed by atoms with Crippen LogP contribution in [0.15, 0.2) is 23.6 Å². The number of nitrogens with zero attached hydrogens (tertiary/aromatic N) is 1. The number of rotatable bonds is 4. The van der Waals surface area contributed by atoms with Crippen molar-refractivity contribution in [1.82, 2.24) is 10.3 Å². The van der Waals surface area contributed by atoms with E-state index in [0.29, 0.717) is 18.0 Å². The molecule has 1 aliphatic rings. The van der Waals surface area contributed by atoms with Gasteiger partial charge in [-0.3, -0.25) is 10.1 Å². The fourth-order valence-electron chi connectivity index (χ4n) is 2.93. The maximum absolute atomic E-state index is 12.7. The van der Waals surface area contributed by atoms with Crippen LogP contribution in [0.25, 0.3) is 11.3 Å². The smallest absolute Gasteiger partial charge is 0.258 e. The lowest BCUT2D eigenvalue weighted by Gasteiger charge is -2.34. The standard InChI is InChI=1S/C18H23N3O2S.ClH/c1-12-4-5-14(10-13(12)2)15-11-24-17(20-15)21-16(22)18(23-3)6-8-19-9-7-18;/h4-5,10-11,19H,6-9H2,1-3H3,(H,20,21,22);1H. The summed E-state index contributed by atoms with van der Waals surface area (Å²) in [6, 6.07) is 6.28. The monoisotopic (exact) mass is 381 g/mol. The van der Waals surface area contributed by atoms with Crippen molar-refractivity contribution in [2.45, 2.75) is 32.3 Å². The minimum atomic E-state index is -0.752. The number of ether oxygens (including phenoxy) is 1. The highest BCUT2D eigenvalue weighted by Gasteiger charge is 2.40. The molecule has 1 aromatic carbocycles. The number of anilines is 1. The van der Waals surface area contributed by atoms with Crippen molar-refractivity contribution in [3.8, 4) is 11.3 Å². The minimum Gasteiger partial charge on any atom is -0.368 e. The Morgan fingerprint density at radius 2 is 2.00 bits per heavy atom. The van der Waals surface area contributed by atoms with Crippen molar-refractivity contribution in [2.24, 2.45) is 0 Å². The zero-order valence-electron chi connectivity index (χ0n) is 14.7. The summed E-state index contributed by atoms with van der Waals surface area (Å²) in [5, 5.41) is 8.78. The number of hydrogen-bond acceptors (Lipinski definition) is 5. The Morgan fingerprint density at radius 1 is 1.28 bits per heavy atom. The van der Waals surface area contributed by atoms with Crippen molar-refractivity contribution in [1.29, 1.82) is 0 Å². The lowest BCUT2D eigenvalue weighted by Crippen LogP contribution is -2.51. The third-order valence-corrected chi connectivity index (χ3v) is 5.50. The number of halogens is 1. The molecule has 0 atom stereocenters. The van der Waals surface area contributed by atoms with Gasteiger partial charge in [0.1, 0.15) is 5.60 Å². The molecule has 0 saturated carbocycles. The second kappa shape index (κ2) is 8.27. The fraction of sp³-hybridized carbons (Fsp3) is 0.444. The molecule has 2 aromatic rings. The van der Waals surface area contributed by atoms with Gasteiger partial charge in [0.05, 0.1) is 5.69 Å². The summed E-state index contributed by atoms with van der Waals surface area (Å²) in [7, 11) is 1.60. The number of amides is 1. The summed E-state index contributed by atoms with van der Waals surface area (Å²) in [6.07, 6.45) is 1.34. The highest BCUT2D eigenvalue weighted by atomic mass is 35.5. The first-order valence-electron chi connectivity index (χ1n) is 8.14. The van der Waals surface area contributed by atoms with Crippen molar-refractivity contribution in [3.63, 3.8) is 0 Å². The number of hydrogen-bond donors (Lipinski definition) is 2. The van der Waals surface area contributed by atoms with E-state index >= 15 is 0 Å². The average molecular weight is 382 g/mol. The van der Waals surface area contributed by atoms with Crippen molar-refractivity contribution in [3.05, 3.63) is 34.7 Å². The average Bonchev–Trinajstić information content (AvgIpc) is 3.06. The molecule has 7 heteroatoms. The van der Waals surface area contributed by atoms with Crippen LogP contribution >= 0.6 is 23.7 Å². The molecule has 0 spiro atoms. The highest BCUT2D eigenvalue weighted by Crippen LogP contribution is 2.29. The number of methoxy groups -OCH3 is 1. The molecule has 136 valence electrons. The van der Waals surface area contributed by atoms with Gasteiger partial charge >= 0.3 is 0 Å². The summed E-state index contributed by atoms with van der Waals surface area (Å²) < 4.78 is 5.56. The van der Waals surface area contributed by atoms with Gasteiger partial charge in [-0.1, -0.05) is 12.1 Å². The van der Waals surface area contributed by atoms with E-state index in [4.69, 9.17) is 4.74 Å². The van der Waals surface area contributed by atoms with Crippen LogP contribution < -0.4 is 10.6 Å². The molecular formula is C18H24ClN3O2S. The third kappa shape index (κ3) is 4.20. The molecule has 2 N–H and O–H groups in total. The van der Waals surface area contributed by atoms with Crippen molar-refractivity contribution < 1.29 is 9.53 Å². The van der Waals surface area contributed by atoms with E-state index in [1.165, 1.54) is 22.5 Å². The first-order valence-corrected chi connectivity index (χ1v) is 9.02.